The summed E-state index contributed by atoms with van der Waals surface area (Å²) in [6, 6.07) is 11.8. The molecule has 0 amide bonds. The highest BCUT2D eigenvalue weighted by atomic mass is 16.6. The molecule has 1 N–H and O–H groups in total. The molecule has 0 atom stereocenters. The van der Waals surface area contributed by atoms with Gasteiger partial charge in [-0.15, -0.1) is 0 Å². The highest BCUT2D eigenvalue weighted by Crippen LogP contribution is 2.30. The van der Waals surface area contributed by atoms with Crippen LogP contribution in [0.5, 0.6) is 5.75 Å². The van der Waals surface area contributed by atoms with Crippen LogP contribution in [0.3, 0.4) is 0 Å². The van der Waals surface area contributed by atoms with Gasteiger partial charge in [0.15, 0.2) is 0 Å². The van der Waals surface area contributed by atoms with E-state index >= 15 is 0 Å². The van der Waals surface area contributed by atoms with Crippen molar-refractivity contribution in [1.29, 1.82) is 5.26 Å². The zero-order valence-electron chi connectivity index (χ0n) is 11.0. The van der Waals surface area contributed by atoms with E-state index in [1.165, 1.54) is 12.1 Å². The molecule has 0 aliphatic carbocycles. The lowest BCUT2D eigenvalue weighted by Gasteiger charge is -2.09. The Morgan fingerprint density at radius 2 is 2.14 bits per heavy atom. The van der Waals surface area contributed by atoms with Crippen molar-refractivity contribution >= 4 is 17.1 Å². The average molecular weight is 281 g/mol. The maximum Gasteiger partial charge on any atom is 0.270 e. The van der Waals surface area contributed by atoms with Crippen LogP contribution in [0.25, 0.3) is 0 Å². The van der Waals surface area contributed by atoms with Crippen LogP contribution in [0, 0.1) is 21.4 Å². The maximum absolute atomic E-state index is 10.7. The third kappa shape index (κ3) is 2.49. The molecule has 1 heterocycles. The number of rotatable bonds is 3. The van der Waals surface area contributed by atoms with Gasteiger partial charge < -0.3 is 10.1 Å². The molecule has 6 heteroatoms. The van der Waals surface area contributed by atoms with E-state index < -0.39 is 4.92 Å². The average Bonchev–Trinajstić information content (AvgIpc) is 2.95. The van der Waals surface area contributed by atoms with E-state index in [-0.39, 0.29) is 11.3 Å². The first-order valence-electron chi connectivity index (χ1n) is 6.38. The van der Waals surface area contributed by atoms with Gasteiger partial charge in [-0.1, -0.05) is 0 Å². The predicted octanol–water partition coefficient (Wildman–Crippen LogP) is 3.14. The number of nitrogens with zero attached hydrogens (tertiary/aromatic N) is 2. The zero-order chi connectivity index (χ0) is 14.8. The number of nitro benzene ring substituents is 1. The van der Waals surface area contributed by atoms with Crippen LogP contribution < -0.4 is 10.1 Å². The molecular weight excluding hydrogens is 270 g/mol. The first kappa shape index (κ1) is 12.9. The lowest BCUT2D eigenvalue weighted by atomic mass is 10.1. The summed E-state index contributed by atoms with van der Waals surface area (Å²) in [5.41, 5.74) is 2.62. The normalized spacial score (nSPS) is 12.1. The Morgan fingerprint density at radius 3 is 2.90 bits per heavy atom. The number of hydrogen-bond acceptors (Lipinski definition) is 5. The van der Waals surface area contributed by atoms with Gasteiger partial charge in [0.05, 0.1) is 22.8 Å². The van der Waals surface area contributed by atoms with Crippen molar-refractivity contribution in [1.82, 2.24) is 0 Å². The molecule has 2 aromatic carbocycles. The molecule has 1 aliphatic heterocycles. The molecule has 0 radical (unpaired) electrons. The van der Waals surface area contributed by atoms with Crippen LogP contribution in [0.1, 0.15) is 11.1 Å². The molecule has 6 nitrogen and oxygen atoms in total. The molecule has 1 aliphatic rings. The minimum absolute atomic E-state index is 0.0977. The fourth-order valence-corrected chi connectivity index (χ4v) is 2.27. The lowest BCUT2D eigenvalue weighted by Crippen LogP contribution is -1.96. The number of ether oxygens (including phenoxy) is 1. The van der Waals surface area contributed by atoms with Crippen LogP contribution in [-0.2, 0) is 6.42 Å². The number of anilines is 2. The molecule has 0 bridgehead atoms. The highest BCUT2D eigenvalue weighted by molar-refractivity contribution is 5.69. The minimum atomic E-state index is -0.517. The fraction of sp³-hybridized carbons (Fsp3) is 0.133. The maximum atomic E-state index is 10.7. The van der Waals surface area contributed by atoms with Crippen molar-refractivity contribution in [2.45, 2.75) is 6.42 Å². The van der Waals surface area contributed by atoms with Gasteiger partial charge in [-0.05, 0) is 29.8 Å². The molecule has 3 rings (SSSR count). The molecule has 21 heavy (non-hydrogen) atoms. The van der Waals surface area contributed by atoms with Gasteiger partial charge in [0, 0.05) is 24.2 Å². The molecule has 2 aromatic rings. The summed E-state index contributed by atoms with van der Waals surface area (Å²) in [6.07, 6.45) is 0.857. The van der Waals surface area contributed by atoms with Gasteiger partial charge in [-0.25, -0.2) is 0 Å². The van der Waals surface area contributed by atoms with Gasteiger partial charge in [0.25, 0.3) is 5.69 Å². The number of non-ortho nitro benzene ring substituents is 1. The van der Waals surface area contributed by atoms with Gasteiger partial charge in [0.2, 0.25) is 0 Å². The van der Waals surface area contributed by atoms with Crippen LogP contribution in [-0.4, -0.2) is 11.5 Å². The summed E-state index contributed by atoms with van der Waals surface area (Å²) in [4.78, 5) is 10.2. The van der Waals surface area contributed by atoms with E-state index in [0.717, 1.165) is 23.4 Å². The third-order valence-corrected chi connectivity index (χ3v) is 3.30. The monoisotopic (exact) mass is 281 g/mol. The van der Waals surface area contributed by atoms with Crippen molar-refractivity contribution in [3.63, 3.8) is 0 Å². The summed E-state index contributed by atoms with van der Waals surface area (Å²) in [5.74, 6) is 0.879. The first-order chi connectivity index (χ1) is 10.2. The second-order valence-corrected chi connectivity index (χ2v) is 4.64. The Balaban J connectivity index is 1.91. The van der Waals surface area contributed by atoms with Crippen molar-refractivity contribution in [2.24, 2.45) is 0 Å². The number of nitrogens with one attached hydrogen (secondary N) is 1. The van der Waals surface area contributed by atoms with Crippen LogP contribution >= 0.6 is 0 Å². The molecule has 0 spiro atoms. The number of hydrogen-bond donors (Lipinski definition) is 1. The molecule has 0 fully saturated rings. The molecular formula is C15H11N3O3. The second-order valence-electron chi connectivity index (χ2n) is 4.64. The molecule has 0 saturated heterocycles. The summed E-state index contributed by atoms with van der Waals surface area (Å²) in [6.45, 7) is 0.680. The van der Waals surface area contributed by atoms with Gasteiger partial charge in [-0.2, -0.15) is 5.26 Å². The Hall–Kier alpha value is -3.07. The largest absolute Gasteiger partial charge is 0.493 e. The fourth-order valence-electron chi connectivity index (χ4n) is 2.27. The lowest BCUT2D eigenvalue weighted by molar-refractivity contribution is -0.384. The van der Waals surface area contributed by atoms with Crippen LogP contribution in [0.4, 0.5) is 17.1 Å². The van der Waals surface area contributed by atoms with E-state index in [4.69, 9.17) is 10.00 Å². The van der Waals surface area contributed by atoms with E-state index in [1.807, 2.05) is 24.3 Å². The Kier molecular flexibility index (Phi) is 3.16. The summed E-state index contributed by atoms with van der Waals surface area (Å²) < 4.78 is 5.44. The Labute approximate surface area is 120 Å². The summed E-state index contributed by atoms with van der Waals surface area (Å²) in [5, 5.41) is 23.0. The predicted molar refractivity (Wildman–Crippen MR) is 76.7 cm³/mol. The number of fused-ring (bicyclic) bond motifs is 1. The van der Waals surface area contributed by atoms with E-state index in [2.05, 4.69) is 5.32 Å². The topological polar surface area (TPSA) is 88.2 Å². The van der Waals surface area contributed by atoms with Crippen LogP contribution in [0.15, 0.2) is 36.4 Å². The second kappa shape index (κ2) is 5.13. The van der Waals surface area contributed by atoms with Crippen molar-refractivity contribution in [3.05, 3.63) is 57.6 Å². The molecule has 0 unspecified atom stereocenters. The third-order valence-electron chi connectivity index (χ3n) is 3.30. The Bertz CT molecular complexity index is 765. The SMILES string of the molecule is N#Cc1cc([N+](=O)[O-])ccc1Nc1ccc2c(c1)CCO2. The number of nitro groups is 1. The van der Waals surface area contributed by atoms with E-state index in [1.54, 1.807) is 6.07 Å². The Morgan fingerprint density at radius 1 is 1.29 bits per heavy atom. The summed E-state index contributed by atoms with van der Waals surface area (Å²) in [7, 11) is 0. The highest BCUT2D eigenvalue weighted by Gasteiger charge is 2.14. The van der Waals surface area contributed by atoms with Crippen LogP contribution in [0.2, 0.25) is 0 Å². The van der Waals surface area contributed by atoms with Gasteiger partial charge in [-0.3, -0.25) is 10.1 Å². The minimum Gasteiger partial charge on any atom is -0.493 e. The molecule has 104 valence electrons. The number of benzene rings is 2. The van der Waals surface area contributed by atoms with Crippen molar-refractivity contribution < 1.29 is 9.66 Å². The van der Waals surface area contributed by atoms with Gasteiger partial charge in [0.1, 0.15) is 11.8 Å². The first-order valence-corrected chi connectivity index (χ1v) is 6.38. The van der Waals surface area contributed by atoms with Crippen molar-refractivity contribution in [2.75, 3.05) is 11.9 Å². The standard InChI is InChI=1S/C15H11N3O3/c16-9-11-8-13(18(19)20)2-3-14(11)17-12-1-4-15-10(7-12)5-6-21-15/h1-4,7-8,17H,5-6H2. The molecule has 0 aromatic heterocycles. The quantitative estimate of drug-likeness (QED) is 0.689. The summed E-state index contributed by atoms with van der Waals surface area (Å²) >= 11 is 0. The van der Waals surface area contributed by atoms with Gasteiger partial charge >= 0.3 is 0 Å². The van der Waals surface area contributed by atoms with E-state index in [0.29, 0.717) is 12.3 Å². The smallest absolute Gasteiger partial charge is 0.270 e. The number of nitriles is 1. The van der Waals surface area contributed by atoms with Crippen molar-refractivity contribution in [3.8, 4) is 11.8 Å². The zero-order valence-corrected chi connectivity index (χ0v) is 11.0. The molecule has 0 saturated carbocycles. The van der Waals surface area contributed by atoms with E-state index in [9.17, 15) is 10.1 Å².